The molecule has 1 fully saturated rings. The summed E-state index contributed by atoms with van der Waals surface area (Å²) in [6.07, 6.45) is 4.18. The fourth-order valence-electron chi connectivity index (χ4n) is 2.63. The molecule has 1 aromatic rings. The van der Waals surface area contributed by atoms with E-state index in [1.165, 1.54) is 12.1 Å². The summed E-state index contributed by atoms with van der Waals surface area (Å²) in [5.74, 6) is -0.806. The Kier molecular flexibility index (Phi) is 6.11. The predicted molar refractivity (Wildman–Crippen MR) is 80.6 cm³/mol. The zero-order chi connectivity index (χ0) is 14.6. The van der Waals surface area contributed by atoms with Gasteiger partial charge in [-0.05, 0) is 18.4 Å². The van der Waals surface area contributed by atoms with Crippen molar-refractivity contribution in [2.24, 2.45) is 0 Å². The highest BCUT2D eigenvalue weighted by Gasteiger charge is 2.38. The average Bonchev–Trinajstić information content (AvgIpc) is 2.46. The van der Waals surface area contributed by atoms with Gasteiger partial charge in [-0.1, -0.05) is 31.4 Å². The first-order chi connectivity index (χ1) is 9.53. The molecular formula is C14H19ClN2O4. The largest absolute Gasteiger partial charge is 0.480 e. The van der Waals surface area contributed by atoms with Crippen molar-refractivity contribution >= 4 is 24.1 Å². The number of nitro benzene ring substituents is 1. The quantitative estimate of drug-likeness (QED) is 0.644. The molecule has 0 heterocycles. The Morgan fingerprint density at radius 3 is 2.29 bits per heavy atom. The minimum absolute atomic E-state index is 0. The van der Waals surface area contributed by atoms with Crippen molar-refractivity contribution in [2.75, 3.05) is 0 Å². The Morgan fingerprint density at radius 2 is 1.81 bits per heavy atom. The maximum Gasteiger partial charge on any atom is 0.323 e. The molecule has 0 aliphatic heterocycles. The highest BCUT2D eigenvalue weighted by Crippen LogP contribution is 2.29. The number of carboxylic acid groups (broad SMARTS) is 1. The molecule has 1 aliphatic carbocycles. The van der Waals surface area contributed by atoms with Gasteiger partial charge in [0, 0.05) is 18.7 Å². The van der Waals surface area contributed by atoms with E-state index in [0.29, 0.717) is 19.4 Å². The van der Waals surface area contributed by atoms with Crippen LogP contribution in [0.2, 0.25) is 0 Å². The molecule has 1 aliphatic rings. The fourth-order valence-corrected chi connectivity index (χ4v) is 2.63. The number of nitrogens with one attached hydrogen (secondary N) is 1. The minimum atomic E-state index is -0.847. The number of halogens is 1. The maximum absolute atomic E-state index is 11.5. The standard InChI is InChI=1S/C14H18N2O4.ClH/c17-13(18)14(8-2-1-3-9-14)15-10-11-4-6-12(7-5-11)16(19)20;/h4-7,15H,1-3,8-10H2,(H,17,18);1H. The molecule has 6 nitrogen and oxygen atoms in total. The third-order valence-corrected chi connectivity index (χ3v) is 3.89. The van der Waals surface area contributed by atoms with Crippen molar-refractivity contribution in [3.63, 3.8) is 0 Å². The van der Waals surface area contributed by atoms with Crippen LogP contribution < -0.4 is 5.32 Å². The molecule has 1 saturated carbocycles. The number of hydrogen-bond acceptors (Lipinski definition) is 4. The van der Waals surface area contributed by atoms with Crippen LogP contribution in [0.3, 0.4) is 0 Å². The number of carbonyl (C=O) groups is 1. The molecule has 2 rings (SSSR count). The van der Waals surface area contributed by atoms with E-state index in [1.54, 1.807) is 12.1 Å². The highest BCUT2D eigenvalue weighted by molar-refractivity contribution is 5.85. The summed E-state index contributed by atoms with van der Waals surface area (Å²) in [6.45, 7) is 0.407. The molecule has 116 valence electrons. The van der Waals surface area contributed by atoms with Crippen LogP contribution >= 0.6 is 12.4 Å². The second-order valence-electron chi connectivity index (χ2n) is 5.23. The lowest BCUT2D eigenvalue weighted by atomic mass is 9.81. The molecule has 0 bridgehead atoms. The van der Waals surface area contributed by atoms with Gasteiger partial charge in [-0.2, -0.15) is 0 Å². The van der Waals surface area contributed by atoms with E-state index in [-0.39, 0.29) is 18.1 Å². The van der Waals surface area contributed by atoms with Crippen molar-refractivity contribution < 1.29 is 14.8 Å². The summed E-state index contributed by atoms with van der Waals surface area (Å²) in [4.78, 5) is 21.6. The number of rotatable bonds is 5. The van der Waals surface area contributed by atoms with Crippen molar-refractivity contribution in [3.8, 4) is 0 Å². The highest BCUT2D eigenvalue weighted by atomic mass is 35.5. The molecule has 21 heavy (non-hydrogen) atoms. The van der Waals surface area contributed by atoms with Crippen LogP contribution in [0, 0.1) is 10.1 Å². The van der Waals surface area contributed by atoms with Gasteiger partial charge < -0.3 is 5.11 Å². The van der Waals surface area contributed by atoms with Gasteiger partial charge in [0.25, 0.3) is 5.69 Å². The first-order valence-corrected chi connectivity index (χ1v) is 6.75. The summed E-state index contributed by atoms with van der Waals surface area (Å²) in [5, 5.41) is 23.1. The van der Waals surface area contributed by atoms with E-state index >= 15 is 0 Å². The van der Waals surface area contributed by atoms with E-state index < -0.39 is 16.4 Å². The molecule has 0 atom stereocenters. The van der Waals surface area contributed by atoms with Crippen LogP contribution in [0.4, 0.5) is 5.69 Å². The number of benzene rings is 1. The lowest BCUT2D eigenvalue weighted by molar-refractivity contribution is -0.384. The predicted octanol–water partition coefficient (Wildman–Crippen LogP) is 2.89. The number of non-ortho nitro benzene ring substituents is 1. The van der Waals surface area contributed by atoms with E-state index in [4.69, 9.17) is 0 Å². The summed E-state index contributed by atoms with van der Waals surface area (Å²) < 4.78 is 0. The topological polar surface area (TPSA) is 92.5 Å². The third kappa shape index (κ3) is 4.15. The van der Waals surface area contributed by atoms with Gasteiger partial charge in [0.05, 0.1) is 4.92 Å². The lowest BCUT2D eigenvalue weighted by Crippen LogP contribution is -2.52. The van der Waals surface area contributed by atoms with E-state index in [1.807, 2.05) is 0 Å². The number of hydrogen-bond donors (Lipinski definition) is 2. The molecule has 1 aromatic carbocycles. The van der Waals surface area contributed by atoms with Gasteiger partial charge in [0.1, 0.15) is 5.54 Å². The van der Waals surface area contributed by atoms with Crippen LogP contribution in [-0.4, -0.2) is 21.5 Å². The Morgan fingerprint density at radius 1 is 1.24 bits per heavy atom. The Balaban J connectivity index is 0.00000220. The van der Waals surface area contributed by atoms with Gasteiger partial charge in [0.2, 0.25) is 0 Å². The lowest BCUT2D eigenvalue weighted by Gasteiger charge is -2.34. The number of aliphatic carboxylic acids is 1. The van der Waals surface area contributed by atoms with Crippen LogP contribution in [-0.2, 0) is 11.3 Å². The summed E-state index contributed by atoms with van der Waals surface area (Å²) >= 11 is 0. The first-order valence-electron chi connectivity index (χ1n) is 6.75. The minimum Gasteiger partial charge on any atom is -0.480 e. The van der Waals surface area contributed by atoms with Gasteiger partial charge in [-0.15, -0.1) is 12.4 Å². The van der Waals surface area contributed by atoms with Crippen molar-refractivity contribution in [2.45, 2.75) is 44.2 Å². The van der Waals surface area contributed by atoms with Crippen molar-refractivity contribution in [1.82, 2.24) is 5.32 Å². The van der Waals surface area contributed by atoms with Gasteiger partial charge >= 0.3 is 5.97 Å². The Bertz CT molecular complexity index is 498. The summed E-state index contributed by atoms with van der Waals surface area (Å²) in [6, 6.07) is 6.18. The van der Waals surface area contributed by atoms with Crippen molar-refractivity contribution in [3.05, 3.63) is 39.9 Å². The SMILES string of the molecule is Cl.O=C(O)C1(NCc2ccc([N+](=O)[O-])cc2)CCCCC1. The molecule has 0 amide bonds. The third-order valence-electron chi connectivity index (χ3n) is 3.89. The van der Waals surface area contributed by atoms with Crippen LogP contribution in [0.1, 0.15) is 37.7 Å². The molecule has 0 unspecified atom stereocenters. The molecular weight excluding hydrogens is 296 g/mol. The second kappa shape index (κ2) is 7.38. The molecule has 0 radical (unpaired) electrons. The maximum atomic E-state index is 11.5. The number of nitrogens with zero attached hydrogens (tertiary/aromatic N) is 1. The van der Waals surface area contributed by atoms with Gasteiger partial charge in [-0.25, -0.2) is 0 Å². The second-order valence-corrected chi connectivity index (χ2v) is 5.23. The zero-order valence-corrected chi connectivity index (χ0v) is 12.4. The van der Waals surface area contributed by atoms with Gasteiger partial charge in [-0.3, -0.25) is 20.2 Å². The average molecular weight is 315 g/mol. The smallest absolute Gasteiger partial charge is 0.323 e. The van der Waals surface area contributed by atoms with E-state index in [9.17, 15) is 20.0 Å². The van der Waals surface area contributed by atoms with Gasteiger partial charge in [0.15, 0.2) is 0 Å². The summed E-state index contributed by atoms with van der Waals surface area (Å²) in [7, 11) is 0. The molecule has 0 aromatic heterocycles. The monoisotopic (exact) mass is 314 g/mol. The van der Waals surface area contributed by atoms with Crippen LogP contribution in [0.25, 0.3) is 0 Å². The number of carboxylic acids is 1. The Labute approximate surface area is 129 Å². The number of nitro groups is 1. The molecule has 2 N–H and O–H groups in total. The summed E-state index contributed by atoms with van der Waals surface area (Å²) in [5.41, 5.74) is 0.0428. The van der Waals surface area contributed by atoms with Crippen LogP contribution in [0.15, 0.2) is 24.3 Å². The van der Waals surface area contributed by atoms with E-state index in [0.717, 1.165) is 24.8 Å². The molecule has 0 saturated heterocycles. The molecule has 7 heteroatoms. The van der Waals surface area contributed by atoms with Crippen molar-refractivity contribution in [1.29, 1.82) is 0 Å². The van der Waals surface area contributed by atoms with E-state index in [2.05, 4.69) is 5.32 Å². The normalized spacial score (nSPS) is 16.8. The Hall–Kier alpha value is -1.66. The van der Waals surface area contributed by atoms with Crippen LogP contribution in [0.5, 0.6) is 0 Å². The first kappa shape index (κ1) is 17.4. The zero-order valence-electron chi connectivity index (χ0n) is 11.6. The fraction of sp³-hybridized carbons (Fsp3) is 0.500. The molecule has 0 spiro atoms.